The Bertz CT molecular complexity index is 2160. The summed E-state index contributed by atoms with van der Waals surface area (Å²) in [4.78, 5) is 0. The fraction of sp³-hybridized carbons (Fsp3) is 0.200. The second kappa shape index (κ2) is 10.6. The van der Waals surface area contributed by atoms with E-state index < -0.39 is 0 Å². The van der Waals surface area contributed by atoms with E-state index in [1.54, 1.807) is 0 Å². The lowest BCUT2D eigenvalue weighted by atomic mass is 9.30. The normalized spacial score (nSPS) is 13.8. The van der Waals surface area contributed by atoms with Crippen LogP contribution in [0.15, 0.2) is 103 Å². The lowest BCUT2D eigenvalue weighted by molar-refractivity contribution is 0.484. The van der Waals surface area contributed by atoms with Gasteiger partial charge in [-0.2, -0.15) is 0 Å². The van der Waals surface area contributed by atoms with Crippen molar-refractivity contribution in [3.63, 3.8) is 0 Å². The highest BCUT2D eigenvalue weighted by atomic mass is 16.5. The van der Waals surface area contributed by atoms with E-state index in [1.807, 2.05) is 0 Å². The maximum atomic E-state index is 6.63. The summed E-state index contributed by atoms with van der Waals surface area (Å²) in [7, 11) is 0. The van der Waals surface area contributed by atoms with Crippen LogP contribution in [0.1, 0.15) is 58.4 Å². The zero-order valence-corrected chi connectivity index (χ0v) is 28.8. The van der Waals surface area contributed by atoms with Crippen molar-refractivity contribution in [2.45, 2.75) is 60.8 Å². The third kappa shape index (κ3) is 4.85. The smallest absolute Gasteiger partial charge is 0.251 e. The summed E-state index contributed by atoms with van der Waals surface area (Å²) in [6, 6.07) is 39.2. The molecule has 2 aliphatic rings. The number of benzene rings is 6. The molecule has 0 saturated heterocycles. The molecule has 0 N–H and O–H groups in total. The molecule has 2 heteroatoms. The van der Waals surface area contributed by atoms with E-state index in [0.29, 0.717) is 0 Å². The maximum Gasteiger partial charge on any atom is 0.251 e. The minimum atomic E-state index is -0.157. The van der Waals surface area contributed by atoms with Gasteiger partial charge in [0.15, 0.2) is 0 Å². The molecule has 47 heavy (non-hydrogen) atoms. The number of aryl methyl sites for hydroxylation is 6. The highest BCUT2D eigenvalue weighted by Crippen LogP contribution is 2.41. The zero-order chi connectivity index (χ0) is 32.8. The number of hydrogen-bond acceptors (Lipinski definition) is 1. The first-order valence-electron chi connectivity index (χ1n) is 16.9. The fourth-order valence-corrected chi connectivity index (χ4v) is 8.59. The van der Waals surface area contributed by atoms with Gasteiger partial charge in [0.2, 0.25) is 0 Å². The van der Waals surface area contributed by atoms with Gasteiger partial charge >= 0.3 is 0 Å². The largest absolute Gasteiger partial charge is 0.458 e. The molecule has 0 aromatic heterocycles. The van der Waals surface area contributed by atoms with Crippen LogP contribution in [0.2, 0.25) is 0 Å². The Labute approximate surface area is 280 Å². The first-order valence-corrected chi connectivity index (χ1v) is 16.9. The van der Waals surface area contributed by atoms with Gasteiger partial charge in [-0.05, 0) is 133 Å². The molecule has 0 spiro atoms. The van der Waals surface area contributed by atoms with Gasteiger partial charge in [0.25, 0.3) is 6.71 Å². The molecule has 0 aliphatic carbocycles. The van der Waals surface area contributed by atoms with Crippen molar-refractivity contribution in [3.05, 3.63) is 148 Å². The van der Waals surface area contributed by atoms with Crippen LogP contribution < -0.4 is 21.1 Å². The molecule has 0 unspecified atom stereocenters. The van der Waals surface area contributed by atoms with Crippen LogP contribution in [0.3, 0.4) is 0 Å². The molecule has 6 aromatic rings. The van der Waals surface area contributed by atoms with E-state index >= 15 is 0 Å². The summed E-state index contributed by atoms with van der Waals surface area (Å²) < 4.78 is 6.63. The van der Waals surface area contributed by atoms with Crippen molar-refractivity contribution >= 4 is 23.1 Å². The Morgan fingerprint density at radius 2 is 0.979 bits per heavy atom. The first kappa shape index (κ1) is 29.6. The molecule has 230 valence electrons. The topological polar surface area (TPSA) is 9.23 Å². The predicted octanol–water partition coefficient (Wildman–Crippen LogP) is 9.80. The van der Waals surface area contributed by atoms with Crippen LogP contribution in [-0.2, 0) is 5.41 Å². The monoisotopic (exact) mass is 608 g/mol. The lowest BCUT2D eigenvalue weighted by Crippen LogP contribution is -2.62. The van der Waals surface area contributed by atoms with Gasteiger partial charge in [-0.1, -0.05) is 120 Å². The Hall–Kier alpha value is -4.82. The average Bonchev–Trinajstić information content (AvgIpc) is 3.02. The van der Waals surface area contributed by atoms with E-state index in [0.717, 1.165) is 11.5 Å². The summed E-state index contributed by atoms with van der Waals surface area (Å²) in [6.07, 6.45) is 0. The standard InChI is InChI=1S/C45H41BO/c1-26-9-13-41-40(21-26)46-39-25-32(11-12-38(39)45(7,8)43-31(6)10-14-42(47-41)44(43)46)35-22-36(33-17-27(2)15-28(3)18-33)24-37(23-35)34-19-29(4)16-30(5)20-34/h9-25H,1-8H3. The quantitative estimate of drug-likeness (QED) is 0.182. The van der Waals surface area contributed by atoms with Crippen molar-refractivity contribution in [1.82, 2.24) is 0 Å². The van der Waals surface area contributed by atoms with Crippen LogP contribution in [0, 0.1) is 41.5 Å². The van der Waals surface area contributed by atoms with Gasteiger partial charge in [-0.25, -0.2) is 0 Å². The summed E-state index contributed by atoms with van der Waals surface area (Å²) in [5, 5.41) is 0. The summed E-state index contributed by atoms with van der Waals surface area (Å²) in [5.74, 6) is 1.96. The van der Waals surface area contributed by atoms with Crippen molar-refractivity contribution in [3.8, 4) is 44.9 Å². The number of ether oxygens (including phenoxy) is 1. The van der Waals surface area contributed by atoms with Gasteiger partial charge in [0, 0.05) is 5.41 Å². The molecule has 2 heterocycles. The van der Waals surface area contributed by atoms with E-state index in [4.69, 9.17) is 4.74 Å². The third-order valence-electron chi connectivity index (χ3n) is 10.4. The van der Waals surface area contributed by atoms with Crippen LogP contribution in [-0.4, -0.2) is 6.71 Å². The molecule has 2 aliphatic heterocycles. The average molecular weight is 609 g/mol. The van der Waals surface area contributed by atoms with Gasteiger partial charge in [-0.15, -0.1) is 0 Å². The van der Waals surface area contributed by atoms with Gasteiger partial charge in [0.1, 0.15) is 11.5 Å². The van der Waals surface area contributed by atoms with Gasteiger partial charge in [0.05, 0.1) is 0 Å². The van der Waals surface area contributed by atoms with Gasteiger partial charge in [-0.3, -0.25) is 0 Å². The number of rotatable bonds is 3. The highest BCUT2D eigenvalue weighted by molar-refractivity contribution is 6.98. The summed E-state index contributed by atoms with van der Waals surface area (Å²) >= 11 is 0. The lowest BCUT2D eigenvalue weighted by Gasteiger charge is -2.42. The Balaban J connectivity index is 1.38. The maximum absolute atomic E-state index is 6.63. The van der Waals surface area contributed by atoms with E-state index in [2.05, 4.69) is 159 Å². The number of fused-ring (bicyclic) bond motifs is 4. The molecule has 0 radical (unpaired) electrons. The molecular weight excluding hydrogens is 567 g/mol. The Morgan fingerprint density at radius 1 is 0.447 bits per heavy atom. The molecule has 0 fully saturated rings. The van der Waals surface area contributed by atoms with E-state index in [1.165, 1.54) is 94.3 Å². The van der Waals surface area contributed by atoms with Crippen LogP contribution in [0.4, 0.5) is 0 Å². The molecule has 8 rings (SSSR count). The fourth-order valence-electron chi connectivity index (χ4n) is 8.59. The minimum Gasteiger partial charge on any atom is -0.458 e. The first-order chi connectivity index (χ1) is 22.5. The van der Waals surface area contributed by atoms with E-state index in [9.17, 15) is 0 Å². The molecule has 6 aromatic carbocycles. The van der Waals surface area contributed by atoms with Crippen molar-refractivity contribution in [2.24, 2.45) is 0 Å². The third-order valence-corrected chi connectivity index (χ3v) is 10.4. The summed E-state index contributed by atoms with van der Waals surface area (Å²) in [6.45, 7) is 18.1. The molecule has 1 nitrogen and oxygen atoms in total. The van der Waals surface area contributed by atoms with Crippen molar-refractivity contribution < 1.29 is 4.74 Å². The SMILES string of the molecule is Cc1cc(C)cc(-c2cc(-c3cc(C)cc(C)c3)cc(-c3ccc4c(c3)B3c5cc(C)ccc5Oc5ccc(C)c(c53)C4(C)C)c2)c1. The molecule has 0 atom stereocenters. The molecular formula is C45H41BO. The second-order valence-electron chi connectivity index (χ2n) is 14.7. The highest BCUT2D eigenvalue weighted by Gasteiger charge is 2.45. The van der Waals surface area contributed by atoms with Crippen LogP contribution >= 0.6 is 0 Å². The molecule has 0 amide bonds. The number of hydrogen-bond donors (Lipinski definition) is 0. The van der Waals surface area contributed by atoms with Crippen LogP contribution in [0.25, 0.3) is 33.4 Å². The van der Waals surface area contributed by atoms with E-state index in [-0.39, 0.29) is 12.1 Å². The summed E-state index contributed by atoms with van der Waals surface area (Å²) in [5.41, 5.74) is 21.8. The predicted molar refractivity (Wildman–Crippen MR) is 201 cm³/mol. The van der Waals surface area contributed by atoms with Gasteiger partial charge < -0.3 is 4.74 Å². The Morgan fingerprint density at radius 3 is 1.57 bits per heavy atom. The molecule has 0 bridgehead atoms. The van der Waals surface area contributed by atoms with Crippen LogP contribution in [0.5, 0.6) is 11.5 Å². The zero-order valence-electron chi connectivity index (χ0n) is 28.8. The molecule has 0 saturated carbocycles. The Kier molecular flexibility index (Phi) is 6.68. The minimum absolute atomic E-state index is 0.119. The van der Waals surface area contributed by atoms with Crippen molar-refractivity contribution in [1.29, 1.82) is 0 Å². The second-order valence-corrected chi connectivity index (χ2v) is 14.7. The van der Waals surface area contributed by atoms with Crippen molar-refractivity contribution in [2.75, 3.05) is 0 Å².